The van der Waals surface area contributed by atoms with Crippen molar-refractivity contribution in [3.05, 3.63) is 40.6 Å². The van der Waals surface area contributed by atoms with Crippen molar-refractivity contribution in [2.75, 3.05) is 0 Å². The summed E-state index contributed by atoms with van der Waals surface area (Å²) in [7, 11) is 2.02. The summed E-state index contributed by atoms with van der Waals surface area (Å²) in [5, 5.41) is 4.27. The van der Waals surface area contributed by atoms with E-state index >= 15 is 0 Å². The molecular formula is C12H17N3S. The molecule has 0 aliphatic carbocycles. The van der Waals surface area contributed by atoms with Crippen molar-refractivity contribution >= 4 is 11.3 Å². The maximum atomic E-state index is 6.10. The fourth-order valence-corrected chi connectivity index (χ4v) is 2.45. The van der Waals surface area contributed by atoms with Gasteiger partial charge in [0, 0.05) is 31.9 Å². The van der Waals surface area contributed by atoms with Gasteiger partial charge >= 0.3 is 0 Å². The SMILES string of the molecule is Cn1ccnc1CCC(N)Cc1ccsc1. The second-order valence-corrected chi connectivity index (χ2v) is 4.87. The van der Waals surface area contributed by atoms with Crippen LogP contribution in [-0.2, 0) is 19.9 Å². The molecule has 0 radical (unpaired) electrons. The summed E-state index contributed by atoms with van der Waals surface area (Å²) >= 11 is 1.73. The predicted molar refractivity (Wildman–Crippen MR) is 67.5 cm³/mol. The Morgan fingerprint density at radius 3 is 3.06 bits per heavy atom. The molecule has 0 aliphatic rings. The molecule has 3 nitrogen and oxygen atoms in total. The van der Waals surface area contributed by atoms with Gasteiger partial charge in [-0.15, -0.1) is 0 Å². The van der Waals surface area contributed by atoms with Crippen LogP contribution in [0.15, 0.2) is 29.2 Å². The van der Waals surface area contributed by atoms with Gasteiger partial charge in [-0.25, -0.2) is 4.98 Å². The van der Waals surface area contributed by atoms with Crippen LogP contribution in [0.5, 0.6) is 0 Å². The number of imidazole rings is 1. The first-order valence-electron chi connectivity index (χ1n) is 5.48. The van der Waals surface area contributed by atoms with Crippen molar-refractivity contribution in [2.24, 2.45) is 12.8 Å². The molecule has 0 saturated heterocycles. The molecule has 0 fully saturated rings. The summed E-state index contributed by atoms with van der Waals surface area (Å²) in [4.78, 5) is 4.29. The van der Waals surface area contributed by atoms with E-state index in [9.17, 15) is 0 Å². The van der Waals surface area contributed by atoms with E-state index in [1.165, 1.54) is 5.56 Å². The quantitative estimate of drug-likeness (QED) is 0.861. The fourth-order valence-electron chi connectivity index (χ4n) is 1.77. The second-order valence-electron chi connectivity index (χ2n) is 4.09. The first-order valence-corrected chi connectivity index (χ1v) is 6.43. The highest BCUT2D eigenvalue weighted by Gasteiger charge is 2.07. The van der Waals surface area contributed by atoms with Gasteiger partial charge in [-0.05, 0) is 35.2 Å². The maximum Gasteiger partial charge on any atom is 0.108 e. The molecule has 86 valence electrons. The van der Waals surface area contributed by atoms with Crippen molar-refractivity contribution in [1.82, 2.24) is 9.55 Å². The van der Waals surface area contributed by atoms with Crippen LogP contribution >= 0.6 is 11.3 Å². The Morgan fingerprint density at radius 1 is 1.56 bits per heavy atom. The van der Waals surface area contributed by atoms with Gasteiger partial charge in [0.05, 0.1) is 0 Å². The van der Waals surface area contributed by atoms with E-state index in [4.69, 9.17) is 5.73 Å². The van der Waals surface area contributed by atoms with Gasteiger partial charge in [-0.2, -0.15) is 11.3 Å². The van der Waals surface area contributed by atoms with Crippen molar-refractivity contribution in [3.8, 4) is 0 Å². The molecular weight excluding hydrogens is 218 g/mol. The zero-order valence-electron chi connectivity index (χ0n) is 9.47. The highest BCUT2D eigenvalue weighted by Crippen LogP contribution is 2.10. The van der Waals surface area contributed by atoms with E-state index in [0.29, 0.717) is 0 Å². The van der Waals surface area contributed by atoms with Crippen molar-refractivity contribution < 1.29 is 0 Å². The first-order chi connectivity index (χ1) is 7.75. The minimum Gasteiger partial charge on any atom is -0.338 e. The third-order valence-corrected chi connectivity index (χ3v) is 3.47. The molecule has 2 heterocycles. The number of rotatable bonds is 5. The number of nitrogens with zero attached hydrogens (tertiary/aromatic N) is 2. The summed E-state index contributed by atoms with van der Waals surface area (Å²) in [5.74, 6) is 1.11. The topological polar surface area (TPSA) is 43.8 Å². The molecule has 4 heteroatoms. The molecule has 0 amide bonds. The molecule has 16 heavy (non-hydrogen) atoms. The summed E-state index contributed by atoms with van der Waals surface area (Å²) in [5.41, 5.74) is 7.44. The average Bonchev–Trinajstić information content (AvgIpc) is 2.87. The normalized spacial score (nSPS) is 12.9. The summed E-state index contributed by atoms with van der Waals surface area (Å²) in [6.45, 7) is 0. The molecule has 1 atom stereocenters. The first kappa shape index (κ1) is 11.4. The van der Waals surface area contributed by atoms with Crippen LogP contribution in [0.3, 0.4) is 0 Å². The highest BCUT2D eigenvalue weighted by molar-refractivity contribution is 7.07. The fraction of sp³-hybridized carbons (Fsp3) is 0.417. The largest absolute Gasteiger partial charge is 0.338 e. The lowest BCUT2D eigenvalue weighted by atomic mass is 10.1. The summed E-state index contributed by atoms with van der Waals surface area (Å²) in [6, 6.07) is 2.37. The minimum atomic E-state index is 0.228. The molecule has 0 bridgehead atoms. The predicted octanol–water partition coefficient (Wildman–Crippen LogP) is 1.98. The summed E-state index contributed by atoms with van der Waals surface area (Å²) in [6.07, 6.45) is 6.71. The molecule has 2 rings (SSSR count). The van der Waals surface area contributed by atoms with Gasteiger partial charge in [0.2, 0.25) is 0 Å². The molecule has 2 aromatic rings. The Morgan fingerprint density at radius 2 is 2.44 bits per heavy atom. The smallest absolute Gasteiger partial charge is 0.108 e. The zero-order valence-corrected chi connectivity index (χ0v) is 10.3. The van der Waals surface area contributed by atoms with Crippen LogP contribution in [0.2, 0.25) is 0 Å². The van der Waals surface area contributed by atoms with E-state index in [2.05, 4.69) is 26.4 Å². The van der Waals surface area contributed by atoms with Gasteiger partial charge in [-0.3, -0.25) is 0 Å². The van der Waals surface area contributed by atoms with Gasteiger partial charge < -0.3 is 10.3 Å². The molecule has 0 aromatic carbocycles. The molecule has 0 saturated carbocycles. The number of aryl methyl sites for hydroxylation is 2. The number of aromatic nitrogens is 2. The van der Waals surface area contributed by atoms with E-state index in [1.54, 1.807) is 11.3 Å². The van der Waals surface area contributed by atoms with Crippen molar-refractivity contribution in [2.45, 2.75) is 25.3 Å². The Balaban J connectivity index is 1.80. The highest BCUT2D eigenvalue weighted by atomic mass is 32.1. The second kappa shape index (κ2) is 5.27. The molecule has 1 unspecified atom stereocenters. The van der Waals surface area contributed by atoms with Gasteiger partial charge in [0.15, 0.2) is 0 Å². The van der Waals surface area contributed by atoms with Gasteiger partial charge in [-0.1, -0.05) is 0 Å². The van der Waals surface area contributed by atoms with E-state index in [1.807, 2.05) is 19.4 Å². The third-order valence-electron chi connectivity index (χ3n) is 2.74. The van der Waals surface area contributed by atoms with Gasteiger partial charge in [0.1, 0.15) is 5.82 Å². The third kappa shape index (κ3) is 2.93. The Bertz CT molecular complexity index is 419. The van der Waals surface area contributed by atoms with Crippen molar-refractivity contribution in [3.63, 3.8) is 0 Å². The van der Waals surface area contributed by atoms with Crippen LogP contribution < -0.4 is 5.73 Å². The Labute approximate surface area is 99.9 Å². The number of hydrogen-bond acceptors (Lipinski definition) is 3. The van der Waals surface area contributed by atoms with Crippen LogP contribution in [0.25, 0.3) is 0 Å². The minimum absolute atomic E-state index is 0.228. The Kier molecular flexibility index (Phi) is 3.74. The molecule has 2 aromatic heterocycles. The van der Waals surface area contributed by atoms with Crippen LogP contribution in [0.1, 0.15) is 17.8 Å². The maximum absolute atomic E-state index is 6.10. The lowest BCUT2D eigenvalue weighted by Gasteiger charge is -2.10. The van der Waals surface area contributed by atoms with E-state index < -0.39 is 0 Å². The van der Waals surface area contributed by atoms with Crippen LogP contribution in [0, 0.1) is 0 Å². The molecule has 0 spiro atoms. The molecule has 0 aliphatic heterocycles. The summed E-state index contributed by atoms with van der Waals surface area (Å²) < 4.78 is 2.05. The van der Waals surface area contributed by atoms with Crippen LogP contribution in [-0.4, -0.2) is 15.6 Å². The van der Waals surface area contributed by atoms with E-state index in [0.717, 1.165) is 25.1 Å². The lowest BCUT2D eigenvalue weighted by Crippen LogP contribution is -2.23. The van der Waals surface area contributed by atoms with Crippen molar-refractivity contribution in [1.29, 1.82) is 0 Å². The zero-order chi connectivity index (χ0) is 11.4. The monoisotopic (exact) mass is 235 g/mol. The van der Waals surface area contributed by atoms with E-state index in [-0.39, 0.29) is 6.04 Å². The van der Waals surface area contributed by atoms with Gasteiger partial charge in [0.25, 0.3) is 0 Å². The number of hydrogen-bond donors (Lipinski definition) is 1. The number of nitrogens with two attached hydrogens (primary N) is 1. The Hall–Kier alpha value is -1.13. The van der Waals surface area contributed by atoms with Crippen LogP contribution in [0.4, 0.5) is 0 Å². The molecule has 2 N–H and O–H groups in total. The number of thiophene rings is 1. The average molecular weight is 235 g/mol. The standard InChI is InChI=1S/C12H17N3S/c1-15-6-5-14-12(15)3-2-11(13)8-10-4-7-16-9-10/h4-7,9,11H,2-3,8,13H2,1H3. The lowest BCUT2D eigenvalue weighted by molar-refractivity contribution is 0.590.